The van der Waals surface area contributed by atoms with Crippen LogP contribution >= 0.6 is 0 Å². The topological polar surface area (TPSA) is 119 Å². The minimum atomic E-state index is -0.392. The van der Waals surface area contributed by atoms with Crippen molar-refractivity contribution in [2.24, 2.45) is 0 Å². The zero-order valence-electron chi connectivity index (χ0n) is 38.4. The lowest BCUT2D eigenvalue weighted by molar-refractivity contribution is -0.165. The first-order chi connectivity index (χ1) is 28.4. The Labute approximate surface area is 357 Å². The molecule has 10 nitrogen and oxygen atoms in total. The number of unbranched alkanes of at least 4 members (excludes halogenated alkanes) is 19. The van der Waals surface area contributed by atoms with E-state index < -0.39 is 12.4 Å². The molecule has 0 aliphatic carbocycles. The quantitative estimate of drug-likeness (QED) is 0.0244. The van der Waals surface area contributed by atoms with E-state index in [0.29, 0.717) is 58.8 Å². The van der Waals surface area contributed by atoms with Gasteiger partial charge in [0.2, 0.25) is 0 Å². The summed E-state index contributed by atoms with van der Waals surface area (Å²) in [6.45, 7) is 10.4. The summed E-state index contributed by atoms with van der Waals surface area (Å²) in [7, 11) is 3.46. The Morgan fingerprint density at radius 1 is 0.672 bits per heavy atom. The monoisotopic (exact) mass is 824 g/mol. The van der Waals surface area contributed by atoms with Crippen LogP contribution in [-0.2, 0) is 23.7 Å². The third-order valence-corrected chi connectivity index (χ3v) is 10.5. The second-order valence-electron chi connectivity index (χ2n) is 16.0. The lowest BCUT2D eigenvalue weighted by atomic mass is 10.1. The number of carbonyl (C=O) groups excluding carboxylic acids is 2. The average Bonchev–Trinajstić information content (AvgIpc) is 3.23. The molecule has 0 aromatic heterocycles. The van der Waals surface area contributed by atoms with E-state index in [4.69, 9.17) is 24.1 Å². The molecule has 2 amide bonds. The number of allylic oxidation sites excluding steroid dienone is 4. The number of likely N-dealkylation sites (N-methyl/N-ethyl adjacent to an activating group) is 1. The van der Waals surface area contributed by atoms with E-state index in [9.17, 15) is 9.59 Å². The smallest absolute Gasteiger partial charge is 0.317 e. The third-order valence-electron chi connectivity index (χ3n) is 10.5. The van der Waals surface area contributed by atoms with Crippen molar-refractivity contribution in [3.05, 3.63) is 24.3 Å². The van der Waals surface area contributed by atoms with E-state index in [1.54, 1.807) is 12.0 Å². The fourth-order valence-electron chi connectivity index (χ4n) is 6.83. The molecular weight excluding hydrogens is 731 g/mol. The summed E-state index contributed by atoms with van der Waals surface area (Å²) >= 11 is 0. The number of piperidine rings is 1. The Morgan fingerprint density at radius 3 is 1.72 bits per heavy atom. The number of likely N-dealkylation sites (tertiary alicyclic amines) is 1. The first-order valence-corrected chi connectivity index (χ1v) is 24.0. The van der Waals surface area contributed by atoms with E-state index in [1.807, 2.05) is 7.05 Å². The summed E-state index contributed by atoms with van der Waals surface area (Å²) in [6.07, 6.45) is 39.0. The molecule has 1 aliphatic heterocycles. The highest BCUT2D eigenvalue weighted by molar-refractivity contribution is 5.74. The molecule has 2 unspecified atom stereocenters. The van der Waals surface area contributed by atoms with E-state index in [0.717, 1.165) is 38.5 Å². The lowest BCUT2D eigenvalue weighted by Gasteiger charge is -2.36. The van der Waals surface area contributed by atoms with Crippen LogP contribution < -0.4 is 10.6 Å². The Bertz CT molecular complexity index is 932. The number of amides is 2. The minimum absolute atomic E-state index is 0.166. The molecule has 1 rings (SSSR count). The maximum Gasteiger partial charge on any atom is 0.317 e. The molecule has 3 N–H and O–H groups in total. The number of esters is 1. The number of nitrogens with zero attached hydrogens (tertiary/aromatic N) is 1. The molecule has 0 aromatic rings. The van der Waals surface area contributed by atoms with Crippen molar-refractivity contribution in [1.82, 2.24) is 15.5 Å². The number of aliphatic hydroxyl groups excluding tert-OH is 1. The molecular formula is C48H93N3O7. The van der Waals surface area contributed by atoms with Crippen LogP contribution in [-0.4, -0.2) is 101 Å². The van der Waals surface area contributed by atoms with Gasteiger partial charge < -0.3 is 39.6 Å². The second kappa shape index (κ2) is 44.6. The van der Waals surface area contributed by atoms with Gasteiger partial charge in [0.25, 0.3) is 0 Å². The van der Waals surface area contributed by atoms with Crippen molar-refractivity contribution in [2.45, 2.75) is 213 Å². The summed E-state index contributed by atoms with van der Waals surface area (Å²) in [5, 5.41) is 14.5. The highest BCUT2D eigenvalue weighted by atomic mass is 16.7. The SMILES string of the molecule is CCCCC/C=C\C/C=C\CCCCCCCCO.CCCCCCCCOC(CCC(=O)OC1CC(OC)CN(C(=O)NCCNC)C1)OCCCCCCCC. The van der Waals surface area contributed by atoms with Gasteiger partial charge in [-0.25, -0.2) is 4.79 Å². The Kier molecular flexibility index (Phi) is 43.0. The fourth-order valence-corrected chi connectivity index (χ4v) is 6.83. The second-order valence-corrected chi connectivity index (χ2v) is 16.0. The van der Waals surface area contributed by atoms with E-state index in [-0.39, 0.29) is 24.5 Å². The van der Waals surface area contributed by atoms with Gasteiger partial charge in [-0.3, -0.25) is 4.79 Å². The van der Waals surface area contributed by atoms with Gasteiger partial charge in [0.05, 0.1) is 19.1 Å². The maximum absolute atomic E-state index is 12.7. The number of ether oxygens (including phenoxy) is 4. The van der Waals surface area contributed by atoms with Crippen molar-refractivity contribution in [2.75, 3.05) is 60.2 Å². The standard InChI is InChI=1S/C30H59N3O6.C18H34O/c1-5-7-9-11-13-15-21-37-29(38-22-16-14-12-10-8-6-2)18-17-28(34)39-27-23-26(36-4)24-33(25-27)30(35)32-20-19-31-3;1-2-3-4-5-6-7-8-9-10-11-12-13-14-15-16-17-18-19/h26-27,29,31H,5-25H2,1-4H3,(H,32,35);6-7,9-10,19H,2-5,8,11-18H2,1H3/b;7-6-,10-9-. The molecule has 1 heterocycles. The summed E-state index contributed by atoms with van der Waals surface area (Å²) < 4.78 is 23.4. The number of rotatable bonds is 38. The molecule has 1 saturated heterocycles. The average molecular weight is 824 g/mol. The number of urea groups is 1. The summed E-state index contributed by atoms with van der Waals surface area (Å²) in [4.78, 5) is 27.0. The van der Waals surface area contributed by atoms with Gasteiger partial charge in [0.15, 0.2) is 6.29 Å². The van der Waals surface area contributed by atoms with Crippen LogP contribution in [0.3, 0.4) is 0 Å². The predicted molar refractivity (Wildman–Crippen MR) is 242 cm³/mol. The first-order valence-electron chi connectivity index (χ1n) is 24.0. The van der Waals surface area contributed by atoms with Crippen LogP contribution in [0.25, 0.3) is 0 Å². The number of carbonyl (C=O) groups is 2. The number of hydrogen-bond acceptors (Lipinski definition) is 8. The highest BCUT2D eigenvalue weighted by Crippen LogP contribution is 2.19. The molecule has 0 aromatic carbocycles. The summed E-state index contributed by atoms with van der Waals surface area (Å²) in [5.74, 6) is -0.288. The Hall–Kier alpha value is -1.98. The van der Waals surface area contributed by atoms with E-state index in [2.05, 4.69) is 55.7 Å². The van der Waals surface area contributed by atoms with Gasteiger partial charge in [-0.05, 0) is 58.4 Å². The van der Waals surface area contributed by atoms with Crippen molar-refractivity contribution in [3.8, 4) is 0 Å². The van der Waals surface area contributed by atoms with E-state index in [1.165, 1.54) is 116 Å². The molecule has 0 radical (unpaired) electrons. The van der Waals surface area contributed by atoms with Crippen LogP contribution in [0.15, 0.2) is 24.3 Å². The number of hydrogen-bond donors (Lipinski definition) is 3. The molecule has 342 valence electrons. The minimum Gasteiger partial charge on any atom is -0.460 e. The zero-order valence-corrected chi connectivity index (χ0v) is 38.4. The molecule has 0 saturated carbocycles. The van der Waals surface area contributed by atoms with Crippen LogP contribution in [0.2, 0.25) is 0 Å². The fraction of sp³-hybridized carbons (Fsp3) is 0.875. The van der Waals surface area contributed by atoms with Crippen molar-refractivity contribution < 1.29 is 33.6 Å². The zero-order chi connectivity index (χ0) is 42.6. The van der Waals surface area contributed by atoms with Crippen molar-refractivity contribution >= 4 is 12.0 Å². The van der Waals surface area contributed by atoms with Gasteiger partial charge in [0, 0.05) is 59.4 Å². The molecule has 1 fully saturated rings. The van der Waals surface area contributed by atoms with Gasteiger partial charge in [-0.1, -0.05) is 148 Å². The normalized spacial score (nSPS) is 15.7. The van der Waals surface area contributed by atoms with Crippen molar-refractivity contribution in [1.29, 1.82) is 0 Å². The van der Waals surface area contributed by atoms with Crippen LogP contribution in [0, 0.1) is 0 Å². The van der Waals surface area contributed by atoms with Crippen LogP contribution in [0.1, 0.15) is 194 Å². The predicted octanol–water partition coefficient (Wildman–Crippen LogP) is 11.2. The maximum atomic E-state index is 12.7. The first kappa shape index (κ1) is 56.0. The molecule has 0 bridgehead atoms. The number of nitrogens with one attached hydrogen (secondary N) is 2. The lowest BCUT2D eigenvalue weighted by Crippen LogP contribution is -2.53. The molecule has 10 heteroatoms. The van der Waals surface area contributed by atoms with Gasteiger partial charge >= 0.3 is 12.0 Å². The summed E-state index contributed by atoms with van der Waals surface area (Å²) in [6, 6.07) is -0.167. The molecule has 1 aliphatic rings. The molecule has 58 heavy (non-hydrogen) atoms. The molecule has 0 spiro atoms. The van der Waals surface area contributed by atoms with Gasteiger partial charge in [-0.2, -0.15) is 0 Å². The molecule has 2 atom stereocenters. The summed E-state index contributed by atoms with van der Waals surface area (Å²) in [5.41, 5.74) is 0. The van der Waals surface area contributed by atoms with Gasteiger partial charge in [-0.15, -0.1) is 0 Å². The number of aliphatic hydroxyl groups is 1. The highest BCUT2D eigenvalue weighted by Gasteiger charge is 2.32. The van der Waals surface area contributed by atoms with E-state index >= 15 is 0 Å². The van der Waals surface area contributed by atoms with Crippen molar-refractivity contribution in [3.63, 3.8) is 0 Å². The van der Waals surface area contributed by atoms with Gasteiger partial charge in [0.1, 0.15) is 6.10 Å². The Morgan fingerprint density at radius 2 is 1.17 bits per heavy atom. The third kappa shape index (κ3) is 37.1. The Balaban J connectivity index is 0.00000143. The van der Waals surface area contributed by atoms with Crippen LogP contribution in [0.4, 0.5) is 4.79 Å². The largest absolute Gasteiger partial charge is 0.460 e. The van der Waals surface area contributed by atoms with Crippen LogP contribution in [0.5, 0.6) is 0 Å². The number of methoxy groups -OCH3 is 1.